The van der Waals surface area contributed by atoms with Crippen LogP contribution in [0.2, 0.25) is 24.2 Å². The minimum absolute atomic E-state index is 0.515. The van der Waals surface area contributed by atoms with Crippen molar-refractivity contribution in [3.05, 3.63) is 189 Å². The van der Waals surface area contributed by atoms with E-state index in [0.29, 0.717) is 11.1 Å². The van der Waals surface area contributed by atoms with Crippen LogP contribution in [-0.2, 0) is 25.7 Å². The molecule has 43 heavy (non-hydrogen) atoms. The van der Waals surface area contributed by atoms with Crippen molar-refractivity contribution in [1.29, 1.82) is 0 Å². The van der Waals surface area contributed by atoms with Crippen LogP contribution < -0.4 is 0 Å². The summed E-state index contributed by atoms with van der Waals surface area (Å²) in [6, 6.07) is 44.4. The first-order valence-electron chi connectivity index (χ1n) is 15.9. The van der Waals surface area contributed by atoms with Gasteiger partial charge in [0.1, 0.15) is 0 Å². The molecule has 6 rings (SSSR count). The van der Waals surface area contributed by atoms with Gasteiger partial charge in [0, 0.05) is 0 Å². The lowest BCUT2D eigenvalue weighted by Gasteiger charge is -2.41. The molecule has 0 spiro atoms. The molecule has 0 aliphatic heterocycles. The van der Waals surface area contributed by atoms with E-state index in [9.17, 15) is 0 Å². The molecule has 0 heterocycles. The van der Waals surface area contributed by atoms with E-state index in [1.54, 1.807) is 22.3 Å². The van der Waals surface area contributed by atoms with Crippen molar-refractivity contribution < 1.29 is 0 Å². The number of allylic oxidation sites excluding steroid dienone is 8. The molecular weight excluding hydrogens is 533 g/mol. The number of hydrogen-bond donors (Lipinski definition) is 0. The van der Waals surface area contributed by atoms with Gasteiger partial charge in [0.05, 0.1) is 8.07 Å². The van der Waals surface area contributed by atoms with E-state index < -0.39 is 8.07 Å². The Hall–Kier alpha value is -3.94. The Morgan fingerprint density at radius 1 is 0.419 bits per heavy atom. The van der Waals surface area contributed by atoms with Gasteiger partial charge >= 0.3 is 0 Å². The topological polar surface area (TPSA) is 0 Å². The molecule has 0 fully saturated rings. The number of benzene rings is 4. The molecule has 0 aromatic heterocycles. The highest BCUT2D eigenvalue weighted by Crippen LogP contribution is 2.56. The zero-order valence-corrected chi connectivity index (χ0v) is 27.2. The van der Waals surface area contributed by atoms with Crippen LogP contribution in [0.3, 0.4) is 0 Å². The van der Waals surface area contributed by atoms with Gasteiger partial charge in [0.15, 0.2) is 0 Å². The summed E-state index contributed by atoms with van der Waals surface area (Å²) < 4.78 is 0. The first kappa shape index (κ1) is 29.1. The van der Waals surface area contributed by atoms with E-state index in [2.05, 4.69) is 160 Å². The fraction of sp³-hybridized carbons (Fsp3) is 0.238. The van der Waals surface area contributed by atoms with Gasteiger partial charge in [-0.25, -0.2) is 0 Å². The van der Waals surface area contributed by atoms with E-state index >= 15 is 0 Å². The Morgan fingerprint density at radius 3 is 1.00 bits per heavy atom. The minimum Gasteiger partial charge on any atom is -0.0685 e. The lowest BCUT2D eigenvalue weighted by molar-refractivity contribution is 0.914. The molecule has 0 saturated carbocycles. The maximum Gasteiger partial charge on any atom is 0.0713 e. The van der Waals surface area contributed by atoms with Gasteiger partial charge < -0.3 is 0 Å². The highest BCUT2D eigenvalue weighted by atomic mass is 28.3. The Labute approximate surface area is 260 Å². The van der Waals surface area contributed by atoms with Crippen molar-refractivity contribution in [3.63, 3.8) is 0 Å². The van der Waals surface area contributed by atoms with Crippen LogP contribution in [0, 0.1) is 0 Å². The van der Waals surface area contributed by atoms with Gasteiger partial charge in [-0.3, -0.25) is 0 Å². The Balaban J connectivity index is 1.43. The molecule has 0 saturated heterocycles. The predicted octanol–water partition coefficient (Wildman–Crippen LogP) is 10.9. The third-order valence-electron chi connectivity index (χ3n) is 9.67. The van der Waals surface area contributed by atoms with Crippen LogP contribution in [-0.4, -0.2) is 8.07 Å². The second-order valence-corrected chi connectivity index (χ2v) is 18.0. The van der Waals surface area contributed by atoms with Gasteiger partial charge in [-0.05, 0) is 84.0 Å². The zero-order valence-electron chi connectivity index (χ0n) is 26.2. The minimum atomic E-state index is -1.97. The molecule has 0 amide bonds. The second kappa shape index (κ2) is 12.7. The summed E-state index contributed by atoms with van der Waals surface area (Å²) in [6.07, 6.45) is 9.19. The van der Waals surface area contributed by atoms with Crippen molar-refractivity contribution in [2.75, 3.05) is 0 Å². The molecule has 0 N–H and O–H groups in total. The SMILES string of the molecule is CC1=CC(Cc2ccccc2)=C(Cc2ccccc2)C1[Si](C)(C)C1C(C)=CC(Cc2ccccc2)=C1Cc1ccccc1. The standard InChI is InChI=1S/C42H44Si/c1-31-25-37(27-33-17-9-5-10-18-33)39(29-35-21-13-7-14-22-35)41(31)43(3,4)42-32(2)26-38(28-34-19-11-6-12-20-34)40(42)30-36-23-15-8-16-24-36/h5-26,41-42H,27-30H2,1-4H3. The van der Waals surface area contributed by atoms with Crippen LogP contribution in [0.25, 0.3) is 0 Å². The average Bonchev–Trinajstić information content (AvgIpc) is 3.50. The summed E-state index contributed by atoms with van der Waals surface area (Å²) in [5, 5.41) is 0. The van der Waals surface area contributed by atoms with E-state index in [1.165, 1.54) is 33.4 Å². The van der Waals surface area contributed by atoms with Gasteiger partial charge in [0.2, 0.25) is 0 Å². The molecule has 0 nitrogen and oxygen atoms in total. The van der Waals surface area contributed by atoms with Crippen molar-refractivity contribution in [3.8, 4) is 0 Å². The molecule has 0 radical (unpaired) electrons. The summed E-state index contributed by atoms with van der Waals surface area (Å²) in [5.74, 6) is 0. The molecular formula is C42H44Si. The highest BCUT2D eigenvalue weighted by Gasteiger charge is 2.47. The van der Waals surface area contributed by atoms with E-state index in [-0.39, 0.29) is 0 Å². The van der Waals surface area contributed by atoms with Crippen LogP contribution in [0.5, 0.6) is 0 Å². The first-order valence-corrected chi connectivity index (χ1v) is 19.0. The summed E-state index contributed by atoms with van der Waals surface area (Å²) in [5.41, 5.74) is 16.2. The van der Waals surface area contributed by atoms with Crippen LogP contribution in [0.4, 0.5) is 0 Å². The Bertz CT molecular complexity index is 1540. The van der Waals surface area contributed by atoms with Crippen molar-refractivity contribution in [1.82, 2.24) is 0 Å². The fourth-order valence-corrected chi connectivity index (χ4v) is 13.3. The first-order chi connectivity index (χ1) is 20.9. The fourth-order valence-electron chi connectivity index (χ4n) is 8.08. The molecule has 216 valence electrons. The van der Waals surface area contributed by atoms with Crippen LogP contribution in [0.1, 0.15) is 36.1 Å². The van der Waals surface area contributed by atoms with E-state index in [1.807, 2.05) is 0 Å². The summed E-state index contributed by atoms with van der Waals surface area (Å²) in [6.45, 7) is 10.2. The van der Waals surface area contributed by atoms with Gasteiger partial charge in [-0.1, -0.05) is 169 Å². The van der Waals surface area contributed by atoms with Crippen molar-refractivity contribution >= 4 is 8.07 Å². The molecule has 4 aromatic rings. The van der Waals surface area contributed by atoms with Crippen molar-refractivity contribution in [2.45, 2.75) is 63.7 Å². The van der Waals surface area contributed by atoms with Crippen LogP contribution in [0.15, 0.2) is 167 Å². The molecule has 2 aliphatic rings. The van der Waals surface area contributed by atoms with E-state index in [4.69, 9.17) is 0 Å². The lowest BCUT2D eigenvalue weighted by Crippen LogP contribution is -2.40. The largest absolute Gasteiger partial charge is 0.0713 e. The highest BCUT2D eigenvalue weighted by molar-refractivity contribution is 6.83. The number of rotatable bonds is 10. The number of hydrogen-bond acceptors (Lipinski definition) is 0. The third kappa shape index (κ3) is 6.38. The smallest absolute Gasteiger partial charge is 0.0685 e. The molecule has 2 atom stereocenters. The maximum absolute atomic E-state index is 2.68. The Morgan fingerprint density at radius 2 is 0.698 bits per heavy atom. The summed E-state index contributed by atoms with van der Waals surface area (Å²) in [7, 11) is -1.97. The third-order valence-corrected chi connectivity index (χ3v) is 14.3. The molecule has 1 heteroatoms. The molecule has 2 aliphatic carbocycles. The quantitative estimate of drug-likeness (QED) is 0.165. The van der Waals surface area contributed by atoms with Crippen LogP contribution >= 0.6 is 0 Å². The molecule has 2 unspecified atom stereocenters. The lowest BCUT2D eigenvalue weighted by atomic mass is 9.96. The average molecular weight is 577 g/mol. The second-order valence-electron chi connectivity index (χ2n) is 13.2. The normalized spacial score (nSPS) is 18.7. The molecule has 4 aromatic carbocycles. The Kier molecular flexibility index (Phi) is 8.63. The monoisotopic (exact) mass is 576 g/mol. The predicted molar refractivity (Wildman–Crippen MR) is 187 cm³/mol. The summed E-state index contributed by atoms with van der Waals surface area (Å²) in [4.78, 5) is 0. The van der Waals surface area contributed by atoms with E-state index in [0.717, 1.165) is 25.7 Å². The van der Waals surface area contributed by atoms with Crippen molar-refractivity contribution in [2.24, 2.45) is 0 Å². The van der Waals surface area contributed by atoms with Gasteiger partial charge in [-0.15, -0.1) is 0 Å². The van der Waals surface area contributed by atoms with Gasteiger partial charge in [0.25, 0.3) is 0 Å². The van der Waals surface area contributed by atoms with Gasteiger partial charge in [-0.2, -0.15) is 0 Å². The maximum atomic E-state index is 2.68. The molecule has 0 bridgehead atoms. The summed E-state index contributed by atoms with van der Waals surface area (Å²) >= 11 is 0. The zero-order chi connectivity index (χ0) is 29.8.